The summed E-state index contributed by atoms with van der Waals surface area (Å²) in [4.78, 5) is 12.8. The number of benzene rings is 1. The molecule has 0 aromatic heterocycles. The number of ketones is 1. The standard InChI is InChI=1S/C23H32O5/c1-14(2)7-6-8-15(3)18-19(24)21-23(28-21)22(20(18)26-5)27-13-16-9-11-17(25-4)12-10-16/h8-12,14,18,20-23H,6-7,13H2,1-5H3/b15-8+/t18-,20+,21+,22-,23-/m1/s1. The third-order valence-electron chi connectivity index (χ3n) is 5.66. The number of carbonyl (C=O) groups excluding carboxylic acids is 1. The second-order valence-electron chi connectivity index (χ2n) is 8.14. The van der Waals surface area contributed by atoms with Gasteiger partial charge in [0.2, 0.25) is 0 Å². The van der Waals surface area contributed by atoms with Crippen LogP contribution in [0.5, 0.6) is 5.75 Å². The molecule has 5 heteroatoms. The highest BCUT2D eigenvalue weighted by molar-refractivity contribution is 5.92. The maximum Gasteiger partial charge on any atom is 0.174 e. The van der Waals surface area contributed by atoms with Crippen molar-refractivity contribution < 1.29 is 23.7 Å². The Kier molecular flexibility index (Phi) is 6.91. The van der Waals surface area contributed by atoms with Crippen molar-refractivity contribution in [1.29, 1.82) is 0 Å². The van der Waals surface area contributed by atoms with Crippen LogP contribution in [0.2, 0.25) is 0 Å². The van der Waals surface area contributed by atoms with Crippen LogP contribution in [0, 0.1) is 11.8 Å². The zero-order valence-corrected chi connectivity index (χ0v) is 17.5. The van der Waals surface area contributed by atoms with Crippen LogP contribution in [0.15, 0.2) is 35.9 Å². The number of fused-ring (bicyclic) bond motifs is 1. The maximum atomic E-state index is 12.8. The van der Waals surface area contributed by atoms with E-state index in [1.807, 2.05) is 31.2 Å². The SMILES string of the molecule is COc1ccc(CO[C@@H]2[C@@H](OC)[C@H](/C(C)=C/CCC(C)C)C(=O)[C@@H]3O[C@@H]23)cc1. The minimum atomic E-state index is -0.356. The molecule has 0 unspecified atom stereocenters. The monoisotopic (exact) mass is 388 g/mol. The second-order valence-corrected chi connectivity index (χ2v) is 8.14. The summed E-state index contributed by atoms with van der Waals surface area (Å²) < 4.78 is 22.8. The van der Waals surface area contributed by atoms with Crippen molar-refractivity contribution >= 4 is 5.78 Å². The van der Waals surface area contributed by atoms with Crippen molar-refractivity contribution in [3.05, 3.63) is 41.5 Å². The number of hydrogen-bond donors (Lipinski definition) is 0. The topological polar surface area (TPSA) is 57.3 Å². The van der Waals surface area contributed by atoms with Gasteiger partial charge in [0.25, 0.3) is 0 Å². The van der Waals surface area contributed by atoms with Crippen LogP contribution >= 0.6 is 0 Å². The van der Waals surface area contributed by atoms with Gasteiger partial charge in [0.15, 0.2) is 5.78 Å². The largest absolute Gasteiger partial charge is 0.497 e. The number of rotatable bonds is 9. The van der Waals surface area contributed by atoms with Gasteiger partial charge in [0, 0.05) is 7.11 Å². The number of Topliss-reactive ketones (excluding diaryl/α,β-unsaturated/α-hetero) is 1. The Morgan fingerprint density at radius 2 is 1.89 bits per heavy atom. The molecule has 154 valence electrons. The van der Waals surface area contributed by atoms with E-state index >= 15 is 0 Å². The predicted octanol–water partition coefficient (Wildman–Crippen LogP) is 3.94. The average Bonchev–Trinajstić information content (AvgIpc) is 3.48. The Balaban J connectivity index is 1.69. The van der Waals surface area contributed by atoms with Gasteiger partial charge in [-0.25, -0.2) is 0 Å². The highest BCUT2D eigenvalue weighted by Crippen LogP contribution is 2.43. The Bertz CT molecular complexity index is 693. The van der Waals surface area contributed by atoms with Crippen LogP contribution in [-0.2, 0) is 25.6 Å². The van der Waals surface area contributed by atoms with Crippen LogP contribution in [0.25, 0.3) is 0 Å². The minimum absolute atomic E-state index is 0.124. The van der Waals surface area contributed by atoms with E-state index in [4.69, 9.17) is 18.9 Å². The first-order chi connectivity index (χ1) is 13.5. The minimum Gasteiger partial charge on any atom is -0.497 e. The predicted molar refractivity (Wildman–Crippen MR) is 107 cm³/mol. The summed E-state index contributed by atoms with van der Waals surface area (Å²) >= 11 is 0. The first kappa shape index (κ1) is 21.0. The van der Waals surface area contributed by atoms with Gasteiger partial charge in [0.05, 0.1) is 25.7 Å². The molecule has 1 aromatic carbocycles. The van der Waals surface area contributed by atoms with Crippen LogP contribution < -0.4 is 4.74 Å². The van der Waals surface area contributed by atoms with Crippen molar-refractivity contribution in [2.45, 2.75) is 64.6 Å². The molecule has 0 amide bonds. The lowest BCUT2D eigenvalue weighted by atomic mass is 9.78. The van der Waals surface area contributed by atoms with Gasteiger partial charge in [0.1, 0.15) is 24.1 Å². The molecule has 0 N–H and O–H groups in total. The Morgan fingerprint density at radius 1 is 1.18 bits per heavy atom. The fourth-order valence-electron chi connectivity index (χ4n) is 3.95. The van der Waals surface area contributed by atoms with Crippen LogP contribution in [0.1, 0.15) is 39.2 Å². The fraction of sp³-hybridized carbons (Fsp3) is 0.609. The fourth-order valence-corrected chi connectivity index (χ4v) is 3.95. The average molecular weight is 389 g/mol. The third kappa shape index (κ3) is 4.65. The second kappa shape index (κ2) is 9.21. The number of allylic oxidation sites excluding steroid dienone is 1. The zero-order chi connectivity index (χ0) is 20.3. The Hall–Kier alpha value is -1.69. The Morgan fingerprint density at radius 3 is 2.50 bits per heavy atom. The van der Waals surface area contributed by atoms with Crippen LogP contribution in [0.3, 0.4) is 0 Å². The van der Waals surface area contributed by atoms with E-state index in [1.54, 1.807) is 14.2 Å². The van der Waals surface area contributed by atoms with E-state index in [2.05, 4.69) is 19.9 Å². The summed E-state index contributed by atoms with van der Waals surface area (Å²) in [6, 6.07) is 7.79. The summed E-state index contributed by atoms with van der Waals surface area (Å²) in [5.74, 6) is 1.27. The van der Waals surface area contributed by atoms with Crippen LogP contribution in [-0.4, -0.2) is 44.4 Å². The lowest BCUT2D eigenvalue weighted by Crippen LogP contribution is -2.50. The summed E-state index contributed by atoms with van der Waals surface area (Å²) in [6.07, 6.45) is 3.11. The molecule has 1 aliphatic heterocycles. The van der Waals surface area contributed by atoms with Crippen molar-refractivity contribution in [1.82, 2.24) is 0 Å². The van der Waals surface area contributed by atoms with Gasteiger partial charge >= 0.3 is 0 Å². The van der Waals surface area contributed by atoms with Crippen molar-refractivity contribution in [2.24, 2.45) is 11.8 Å². The van der Waals surface area contributed by atoms with Gasteiger partial charge in [-0.2, -0.15) is 0 Å². The van der Waals surface area contributed by atoms with Gasteiger partial charge in [-0.15, -0.1) is 0 Å². The smallest absolute Gasteiger partial charge is 0.174 e. The van der Waals surface area contributed by atoms with Crippen molar-refractivity contribution in [3.8, 4) is 5.75 Å². The molecule has 1 aliphatic carbocycles. The molecule has 5 atom stereocenters. The van der Waals surface area contributed by atoms with Gasteiger partial charge in [-0.3, -0.25) is 4.79 Å². The number of epoxide rings is 1. The maximum absolute atomic E-state index is 12.8. The number of methoxy groups -OCH3 is 2. The molecular formula is C23H32O5. The van der Waals surface area contributed by atoms with E-state index in [9.17, 15) is 4.79 Å². The molecule has 5 nitrogen and oxygen atoms in total. The molecular weight excluding hydrogens is 356 g/mol. The zero-order valence-electron chi connectivity index (χ0n) is 17.5. The van der Waals surface area contributed by atoms with E-state index in [0.717, 1.165) is 29.7 Å². The lowest BCUT2D eigenvalue weighted by molar-refractivity contribution is -0.138. The molecule has 1 aromatic rings. The molecule has 2 fully saturated rings. The molecule has 28 heavy (non-hydrogen) atoms. The van der Waals surface area contributed by atoms with Crippen molar-refractivity contribution in [2.75, 3.05) is 14.2 Å². The Labute approximate surface area is 168 Å². The van der Waals surface area contributed by atoms with Crippen molar-refractivity contribution in [3.63, 3.8) is 0 Å². The molecule has 2 aliphatic rings. The normalized spacial score (nSPS) is 29.7. The summed E-state index contributed by atoms with van der Waals surface area (Å²) in [6.45, 7) is 6.88. The highest BCUT2D eigenvalue weighted by Gasteiger charge is 2.61. The molecule has 3 rings (SSSR count). The first-order valence-corrected chi connectivity index (χ1v) is 10.1. The molecule has 0 spiro atoms. The number of carbonyl (C=O) groups is 1. The summed E-state index contributed by atoms with van der Waals surface area (Å²) in [7, 11) is 3.30. The van der Waals surface area contributed by atoms with E-state index in [1.165, 1.54) is 0 Å². The molecule has 1 saturated carbocycles. The molecule has 1 heterocycles. The summed E-state index contributed by atoms with van der Waals surface area (Å²) in [5, 5.41) is 0. The van der Waals surface area contributed by atoms with Gasteiger partial charge < -0.3 is 18.9 Å². The molecule has 0 radical (unpaired) electrons. The number of hydrogen-bond acceptors (Lipinski definition) is 5. The van der Waals surface area contributed by atoms with Gasteiger partial charge in [-0.05, 0) is 43.4 Å². The first-order valence-electron chi connectivity index (χ1n) is 10.1. The summed E-state index contributed by atoms with van der Waals surface area (Å²) in [5.41, 5.74) is 2.11. The van der Waals surface area contributed by atoms with E-state index in [0.29, 0.717) is 12.5 Å². The van der Waals surface area contributed by atoms with E-state index in [-0.39, 0.29) is 36.1 Å². The molecule has 0 bridgehead atoms. The number of ether oxygens (including phenoxy) is 4. The van der Waals surface area contributed by atoms with Gasteiger partial charge in [-0.1, -0.05) is 37.6 Å². The van der Waals surface area contributed by atoms with E-state index < -0.39 is 0 Å². The lowest BCUT2D eigenvalue weighted by Gasteiger charge is -2.34. The van der Waals surface area contributed by atoms with Crippen LogP contribution in [0.4, 0.5) is 0 Å². The quantitative estimate of drug-likeness (QED) is 0.474. The third-order valence-corrected chi connectivity index (χ3v) is 5.66. The molecule has 1 saturated heterocycles. The highest BCUT2D eigenvalue weighted by atomic mass is 16.6.